The van der Waals surface area contributed by atoms with E-state index < -0.39 is 5.60 Å². The van der Waals surface area contributed by atoms with E-state index in [1.807, 2.05) is 45.3 Å². The zero-order valence-electron chi connectivity index (χ0n) is 13.3. The van der Waals surface area contributed by atoms with E-state index in [2.05, 4.69) is 14.9 Å². The molecule has 6 nitrogen and oxygen atoms in total. The number of carbonyl (C=O) groups excluding carboxylic acids is 1. The molecule has 1 saturated heterocycles. The smallest absolute Gasteiger partial charge is 0.410 e. The number of pyridine rings is 1. The second-order valence-corrected chi connectivity index (χ2v) is 6.52. The van der Waals surface area contributed by atoms with Crippen LogP contribution in [0.1, 0.15) is 20.8 Å². The van der Waals surface area contributed by atoms with Crippen molar-refractivity contribution in [3.05, 3.63) is 24.5 Å². The SMILES string of the molecule is CC(C)(C)OC(=O)N1CCN(c2ccnc3cc[nH]c23)CC1. The Morgan fingerprint density at radius 1 is 1.23 bits per heavy atom. The van der Waals surface area contributed by atoms with Crippen LogP contribution in [0.25, 0.3) is 11.0 Å². The van der Waals surface area contributed by atoms with Crippen LogP contribution in [0.5, 0.6) is 0 Å². The molecule has 1 aliphatic rings. The van der Waals surface area contributed by atoms with Crippen molar-refractivity contribution >= 4 is 22.8 Å². The number of piperazine rings is 1. The van der Waals surface area contributed by atoms with Gasteiger partial charge < -0.3 is 19.5 Å². The molecule has 0 bridgehead atoms. The van der Waals surface area contributed by atoms with Gasteiger partial charge in [-0.05, 0) is 32.9 Å². The van der Waals surface area contributed by atoms with Crippen molar-refractivity contribution in [3.8, 4) is 0 Å². The molecule has 0 aliphatic carbocycles. The predicted molar refractivity (Wildman–Crippen MR) is 86.1 cm³/mol. The van der Waals surface area contributed by atoms with Crippen LogP contribution < -0.4 is 4.90 Å². The molecule has 2 aromatic heterocycles. The summed E-state index contributed by atoms with van der Waals surface area (Å²) in [6, 6.07) is 3.98. The quantitative estimate of drug-likeness (QED) is 0.879. The van der Waals surface area contributed by atoms with Crippen LogP contribution in [-0.4, -0.2) is 52.7 Å². The van der Waals surface area contributed by atoms with Gasteiger partial charge in [-0.3, -0.25) is 4.98 Å². The van der Waals surface area contributed by atoms with Crippen LogP contribution in [-0.2, 0) is 4.74 Å². The number of rotatable bonds is 1. The van der Waals surface area contributed by atoms with Crippen LogP contribution in [0.15, 0.2) is 24.5 Å². The first-order chi connectivity index (χ1) is 10.4. The lowest BCUT2D eigenvalue weighted by Crippen LogP contribution is -2.50. The summed E-state index contributed by atoms with van der Waals surface area (Å²) >= 11 is 0. The average molecular weight is 302 g/mol. The molecule has 0 radical (unpaired) electrons. The minimum Gasteiger partial charge on any atom is -0.444 e. The van der Waals surface area contributed by atoms with Gasteiger partial charge in [-0.25, -0.2) is 4.79 Å². The molecular weight excluding hydrogens is 280 g/mol. The zero-order valence-corrected chi connectivity index (χ0v) is 13.3. The maximum Gasteiger partial charge on any atom is 0.410 e. The zero-order chi connectivity index (χ0) is 15.7. The van der Waals surface area contributed by atoms with Crippen molar-refractivity contribution in [2.45, 2.75) is 26.4 Å². The number of nitrogens with zero attached hydrogens (tertiary/aromatic N) is 3. The monoisotopic (exact) mass is 302 g/mol. The van der Waals surface area contributed by atoms with Gasteiger partial charge in [-0.1, -0.05) is 0 Å². The maximum atomic E-state index is 12.1. The Bertz CT molecular complexity index is 666. The van der Waals surface area contributed by atoms with Gasteiger partial charge in [0.1, 0.15) is 5.60 Å². The van der Waals surface area contributed by atoms with Gasteiger partial charge in [0, 0.05) is 38.6 Å². The Morgan fingerprint density at radius 3 is 2.64 bits per heavy atom. The van der Waals surface area contributed by atoms with E-state index >= 15 is 0 Å². The highest BCUT2D eigenvalue weighted by atomic mass is 16.6. The first-order valence-corrected chi connectivity index (χ1v) is 7.59. The van der Waals surface area contributed by atoms with E-state index in [0.717, 1.165) is 29.8 Å². The highest BCUT2D eigenvalue weighted by Gasteiger charge is 2.26. The number of nitrogens with one attached hydrogen (secondary N) is 1. The normalized spacial score (nSPS) is 16.1. The Morgan fingerprint density at radius 2 is 1.95 bits per heavy atom. The van der Waals surface area contributed by atoms with Crippen LogP contribution in [0, 0.1) is 0 Å². The number of aromatic nitrogens is 2. The molecule has 22 heavy (non-hydrogen) atoms. The van der Waals surface area contributed by atoms with E-state index in [1.165, 1.54) is 0 Å². The van der Waals surface area contributed by atoms with E-state index in [4.69, 9.17) is 4.74 Å². The van der Waals surface area contributed by atoms with Gasteiger partial charge >= 0.3 is 6.09 Å². The molecule has 0 aromatic carbocycles. The number of H-pyrrole nitrogens is 1. The molecule has 0 unspecified atom stereocenters. The Hall–Kier alpha value is -2.24. The van der Waals surface area contributed by atoms with E-state index in [9.17, 15) is 4.79 Å². The number of carbonyl (C=O) groups is 1. The molecule has 1 N–H and O–H groups in total. The summed E-state index contributed by atoms with van der Waals surface area (Å²) in [6.07, 6.45) is 3.50. The summed E-state index contributed by atoms with van der Waals surface area (Å²) in [5, 5.41) is 0. The van der Waals surface area contributed by atoms with E-state index in [-0.39, 0.29) is 6.09 Å². The molecular formula is C16H22N4O2. The Balaban J connectivity index is 1.67. The van der Waals surface area contributed by atoms with E-state index in [1.54, 1.807) is 4.90 Å². The first-order valence-electron chi connectivity index (χ1n) is 7.59. The molecule has 0 atom stereocenters. The Kier molecular flexibility index (Phi) is 3.68. The topological polar surface area (TPSA) is 61.5 Å². The summed E-state index contributed by atoms with van der Waals surface area (Å²) in [6.45, 7) is 8.58. The van der Waals surface area contributed by atoms with Gasteiger partial charge in [0.2, 0.25) is 0 Å². The fourth-order valence-electron chi connectivity index (χ4n) is 2.67. The number of fused-ring (bicyclic) bond motifs is 1. The summed E-state index contributed by atoms with van der Waals surface area (Å²) in [7, 11) is 0. The van der Waals surface area contributed by atoms with Gasteiger partial charge in [0.05, 0.1) is 16.7 Å². The number of hydrogen-bond donors (Lipinski definition) is 1. The van der Waals surface area contributed by atoms with Crippen molar-refractivity contribution in [3.63, 3.8) is 0 Å². The maximum absolute atomic E-state index is 12.1. The number of anilines is 1. The molecule has 118 valence electrons. The molecule has 2 aromatic rings. The minimum absolute atomic E-state index is 0.230. The Labute approximate surface area is 130 Å². The van der Waals surface area contributed by atoms with Crippen molar-refractivity contribution in [1.82, 2.24) is 14.9 Å². The van der Waals surface area contributed by atoms with Crippen LogP contribution >= 0.6 is 0 Å². The third-order valence-corrected chi connectivity index (χ3v) is 3.70. The third kappa shape index (κ3) is 3.00. The van der Waals surface area contributed by atoms with Crippen molar-refractivity contribution in [2.24, 2.45) is 0 Å². The lowest BCUT2D eigenvalue weighted by atomic mass is 10.2. The second kappa shape index (κ2) is 5.51. The number of hydrogen-bond acceptors (Lipinski definition) is 4. The summed E-state index contributed by atoms with van der Waals surface area (Å²) in [5.41, 5.74) is 2.70. The standard InChI is InChI=1S/C16H22N4O2/c1-16(2,3)22-15(21)20-10-8-19(9-11-20)13-5-7-17-12-4-6-18-14(12)13/h4-7,18H,8-11H2,1-3H3. The highest BCUT2D eigenvalue weighted by molar-refractivity contribution is 5.88. The second-order valence-electron chi connectivity index (χ2n) is 6.52. The highest BCUT2D eigenvalue weighted by Crippen LogP contribution is 2.25. The predicted octanol–water partition coefficient (Wildman–Crippen LogP) is 2.62. The fourth-order valence-corrected chi connectivity index (χ4v) is 2.67. The molecule has 6 heteroatoms. The molecule has 1 aliphatic heterocycles. The van der Waals surface area contributed by atoms with Gasteiger partial charge in [0.25, 0.3) is 0 Å². The van der Waals surface area contributed by atoms with Crippen molar-refractivity contribution in [2.75, 3.05) is 31.1 Å². The number of ether oxygens (including phenoxy) is 1. The molecule has 0 saturated carbocycles. The van der Waals surface area contributed by atoms with E-state index in [0.29, 0.717) is 13.1 Å². The minimum atomic E-state index is -0.449. The van der Waals surface area contributed by atoms with Crippen LogP contribution in [0.2, 0.25) is 0 Å². The van der Waals surface area contributed by atoms with Gasteiger partial charge in [0.15, 0.2) is 0 Å². The average Bonchev–Trinajstić information content (AvgIpc) is 2.94. The molecule has 3 rings (SSSR count). The van der Waals surface area contributed by atoms with Crippen LogP contribution in [0.3, 0.4) is 0 Å². The molecule has 3 heterocycles. The van der Waals surface area contributed by atoms with Gasteiger partial charge in [-0.15, -0.1) is 0 Å². The molecule has 0 spiro atoms. The number of aromatic amines is 1. The van der Waals surface area contributed by atoms with Crippen LogP contribution in [0.4, 0.5) is 10.5 Å². The van der Waals surface area contributed by atoms with Gasteiger partial charge in [-0.2, -0.15) is 0 Å². The van der Waals surface area contributed by atoms with Crippen molar-refractivity contribution in [1.29, 1.82) is 0 Å². The molecule has 1 amide bonds. The summed E-state index contributed by atoms with van der Waals surface area (Å²) in [5.74, 6) is 0. The summed E-state index contributed by atoms with van der Waals surface area (Å²) < 4.78 is 5.43. The summed E-state index contributed by atoms with van der Waals surface area (Å²) in [4.78, 5) is 23.7. The first kappa shape index (κ1) is 14.7. The van der Waals surface area contributed by atoms with Crippen molar-refractivity contribution < 1.29 is 9.53 Å². The fraction of sp³-hybridized carbons (Fsp3) is 0.500. The lowest BCUT2D eigenvalue weighted by Gasteiger charge is -2.36. The third-order valence-electron chi connectivity index (χ3n) is 3.70. The molecule has 1 fully saturated rings. The number of amides is 1. The lowest BCUT2D eigenvalue weighted by molar-refractivity contribution is 0.0240. The largest absolute Gasteiger partial charge is 0.444 e.